The van der Waals surface area contributed by atoms with Crippen LogP contribution in [0.3, 0.4) is 0 Å². The SMILES string of the molecule is O=C(Cc1csc(-c2cccc(Br)c2)n1)Nc1ccc(CN2C(=O)CCC2=O)cc1. The van der Waals surface area contributed by atoms with Crippen molar-refractivity contribution >= 4 is 50.7 Å². The van der Waals surface area contributed by atoms with Crippen LogP contribution < -0.4 is 5.32 Å². The third-order valence-corrected chi connectivity index (χ3v) is 6.13. The van der Waals surface area contributed by atoms with E-state index < -0.39 is 0 Å². The molecule has 1 N–H and O–H groups in total. The third-order valence-electron chi connectivity index (χ3n) is 4.70. The Morgan fingerprint density at radius 3 is 2.53 bits per heavy atom. The lowest BCUT2D eigenvalue weighted by Gasteiger charge is -2.14. The van der Waals surface area contributed by atoms with Gasteiger partial charge in [-0.25, -0.2) is 4.98 Å². The molecule has 4 rings (SSSR count). The van der Waals surface area contributed by atoms with Gasteiger partial charge in [-0.15, -0.1) is 11.3 Å². The summed E-state index contributed by atoms with van der Waals surface area (Å²) in [5.41, 5.74) is 3.22. The van der Waals surface area contributed by atoms with Gasteiger partial charge in [-0.2, -0.15) is 0 Å². The second kappa shape index (κ2) is 8.89. The van der Waals surface area contributed by atoms with Crippen molar-refractivity contribution < 1.29 is 14.4 Å². The van der Waals surface area contributed by atoms with E-state index in [4.69, 9.17) is 0 Å². The first-order chi connectivity index (χ1) is 14.5. The van der Waals surface area contributed by atoms with Gasteiger partial charge in [0.2, 0.25) is 17.7 Å². The number of amides is 3. The van der Waals surface area contributed by atoms with Gasteiger partial charge in [-0.1, -0.05) is 40.2 Å². The van der Waals surface area contributed by atoms with Gasteiger partial charge in [-0.05, 0) is 29.8 Å². The summed E-state index contributed by atoms with van der Waals surface area (Å²) in [6.07, 6.45) is 0.753. The second-order valence-electron chi connectivity index (χ2n) is 6.95. The maximum atomic E-state index is 12.4. The van der Waals surface area contributed by atoms with Crippen LogP contribution in [0.25, 0.3) is 10.6 Å². The van der Waals surface area contributed by atoms with Gasteiger partial charge in [0.1, 0.15) is 5.01 Å². The molecule has 0 spiro atoms. The minimum Gasteiger partial charge on any atom is -0.326 e. The Labute approximate surface area is 186 Å². The Bertz CT molecular complexity index is 1090. The molecule has 8 heteroatoms. The van der Waals surface area contributed by atoms with Crippen LogP contribution in [0.15, 0.2) is 58.4 Å². The Kier molecular flexibility index (Phi) is 6.06. The van der Waals surface area contributed by atoms with Crippen molar-refractivity contribution in [3.05, 3.63) is 69.6 Å². The number of carbonyl (C=O) groups excluding carboxylic acids is 3. The maximum Gasteiger partial charge on any atom is 0.230 e. The van der Waals surface area contributed by atoms with E-state index in [2.05, 4.69) is 26.2 Å². The van der Waals surface area contributed by atoms with Crippen LogP contribution in [0.4, 0.5) is 5.69 Å². The number of carbonyl (C=O) groups is 3. The van der Waals surface area contributed by atoms with Crippen LogP contribution in [-0.4, -0.2) is 27.6 Å². The highest BCUT2D eigenvalue weighted by molar-refractivity contribution is 9.10. The zero-order chi connectivity index (χ0) is 21.1. The highest BCUT2D eigenvalue weighted by Gasteiger charge is 2.28. The molecule has 1 aliphatic heterocycles. The molecular formula is C22H18BrN3O3S. The number of rotatable bonds is 6. The van der Waals surface area contributed by atoms with E-state index in [0.29, 0.717) is 5.69 Å². The topological polar surface area (TPSA) is 79.4 Å². The van der Waals surface area contributed by atoms with Crippen LogP contribution in [0.1, 0.15) is 24.1 Å². The summed E-state index contributed by atoms with van der Waals surface area (Å²) in [6.45, 7) is 0.267. The largest absolute Gasteiger partial charge is 0.326 e. The van der Waals surface area contributed by atoms with Crippen LogP contribution in [-0.2, 0) is 27.3 Å². The Morgan fingerprint density at radius 2 is 1.83 bits per heavy atom. The van der Waals surface area contributed by atoms with E-state index in [9.17, 15) is 14.4 Å². The number of hydrogen-bond donors (Lipinski definition) is 1. The molecule has 0 atom stereocenters. The van der Waals surface area contributed by atoms with Crippen molar-refractivity contribution in [1.82, 2.24) is 9.88 Å². The van der Waals surface area contributed by atoms with Crippen LogP contribution >= 0.6 is 27.3 Å². The normalized spacial score (nSPS) is 13.7. The Balaban J connectivity index is 1.34. The molecular weight excluding hydrogens is 466 g/mol. The van der Waals surface area contributed by atoms with Gasteiger partial charge in [0.15, 0.2) is 0 Å². The molecule has 30 heavy (non-hydrogen) atoms. The van der Waals surface area contributed by atoms with Gasteiger partial charge in [-0.3, -0.25) is 19.3 Å². The lowest BCUT2D eigenvalue weighted by molar-refractivity contribution is -0.139. The molecule has 0 unspecified atom stereocenters. The van der Waals surface area contributed by atoms with Crippen molar-refractivity contribution in [1.29, 1.82) is 0 Å². The molecule has 0 aliphatic carbocycles. The summed E-state index contributed by atoms with van der Waals surface area (Å²) >= 11 is 4.96. The molecule has 0 saturated carbocycles. The van der Waals surface area contributed by atoms with E-state index in [-0.39, 0.29) is 43.5 Å². The van der Waals surface area contributed by atoms with Crippen molar-refractivity contribution in [3.63, 3.8) is 0 Å². The number of aromatic nitrogens is 1. The number of halogens is 1. The van der Waals surface area contributed by atoms with E-state index in [1.807, 2.05) is 41.8 Å². The quantitative estimate of drug-likeness (QED) is 0.526. The number of nitrogens with one attached hydrogen (secondary N) is 1. The van der Waals surface area contributed by atoms with Gasteiger partial charge in [0.05, 0.1) is 18.7 Å². The molecule has 1 aromatic heterocycles. The first-order valence-electron chi connectivity index (χ1n) is 9.40. The molecule has 6 nitrogen and oxygen atoms in total. The zero-order valence-corrected chi connectivity index (χ0v) is 18.3. The van der Waals surface area contributed by atoms with Gasteiger partial charge in [0, 0.05) is 33.9 Å². The molecule has 0 radical (unpaired) electrons. The average Bonchev–Trinajstić information content (AvgIpc) is 3.31. The third kappa shape index (κ3) is 4.83. The van der Waals surface area contributed by atoms with Crippen LogP contribution in [0.5, 0.6) is 0 Å². The molecule has 3 aromatic rings. The van der Waals surface area contributed by atoms with Gasteiger partial charge in [0.25, 0.3) is 0 Å². The molecule has 3 amide bonds. The first-order valence-corrected chi connectivity index (χ1v) is 11.1. The van der Waals surface area contributed by atoms with Gasteiger partial charge >= 0.3 is 0 Å². The fourth-order valence-electron chi connectivity index (χ4n) is 3.19. The molecule has 0 bridgehead atoms. The first kappa shape index (κ1) is 20.4. The summed E-state index contributed by atoms with van der Waals surface area (Å²) in [5.74, 6) is -0.426. The summed E-state index contributed by atoms with van der Waals surface area (Å²) in [4.78, 5) is 41.7. The van der Waals surface area contributed by atoms with Crippen molar-refractivity contribution in [2.45, 2.75) is 25.8 Å². The van der Waals surface area contributed by atoms with E-state index in [0.717, 1.165) is 26.3 Å². The number of hydrogen-bond acceptors (Lipinski definition) is 5. The minimum atomic E-state index is -0.154. The summed E-state index contributed by atoms with van der Waals surface area (Å²) in [6, 6.07) is 15.0. The van der Waals surface area contributed by atoms with E-state index in [1.165, 1.54) is 16.2 Å². The lowest BCUT2D eigenvalue weighted by atomic mass is 10.2. The average molecular weight is 484 g/mol. The van der Waals surface area contributed by atoms with E-state index >= 15 is 0 Å². The number of likely N-dealkylation sites (tertiary alicyclic amines) is 1. The molecule has 1 saturated heterocycles. The summed E-state index contributed by atoms with van der Waals surface area (Å²) in [5, 5.41) is 5.62. The maximum absolute atomic E-state index is 12.4. The second-order valence-corrected chi connectivity index (χ2v) is 8.72. The van der Waals surface area contributed by atoms with Gasteiger partial charge < -0.3 is 5.32 Å². The summed E-state index contributed by atoms with van der Waals surface area (Å²) in [7, 11) is 0. The highest BCUT2D eigenvalue weighted by Crippen LogP contribution is 2.26. The predicted molar refractivity (Wildman–Crippen MR) is 119 cm³/mol. The van der Waals surface area contributed by atoms with E-state index in [1.54, 1.807) is 12.1 Å². The molecule has 152 valence electrons. The molecule has 2 aromatic carbocycles. The predicted octanol–water partition coefficient (Wildman–Crippen LogP) is 4.40. The minimum absolute atomic E-state index is 0.136. The lowest BCUT2D eigenvalue weighted by Crippen LogP contribution is -2.28. The van der Waals surface area contributed by atoms with Crippen LogP contribution in [0, 0.1) is 0 Å². The molecule has 1 fully saturated rings. The molecule has 2 heterocycles. The van der Waals surface area contributed by atoms with Crippen LogP contribution in [0.2, 0.25) is 0 Å². The molecule has 1 aliphatic rings. The number of benzene rings is 2. The van der Waals surface area contributed by atoms with Crippen molar-refractivity contribution in [2.24, 2.45) is 0 Å². The highest BCUT2D eigenvalue weighted by atomic mass is 79.9. The smallest absolute Gasteiger partial charge is 0.230 e. The number of nitrogens with zero attached hydrogens (tertiary/aromatic N) is 2. The standard InChI is InChI=1S/C22H18BrN3O3S/c23-16-3-1-2-15(10-16)22-25-18(13-30-22)11-19(27)24-17-6-4-14(5-7-17)12-26-20(28)8-9-21(26)29/h1-7,10,13H,8-9,11-12H2,(H,24,27). The fourth-order valence-corrected chi connectivity index (χ4v) is 4.40. The fraction of sp³-hybridized carbons (Fsp3) is 0.182. The van der Waals surface area contributed by atoms with Crippen molar-refractivity contribution in [3.8, 4) is 10.6 Å². The number of imide groups is 1. The number of anilines is 1. The Morgan fingerprint density at radius 1 is 1.10 bits per heavy atom. The van der Waals surface area contributed by atoms with Crippen molar-refractivity contribution in [2.75, 3.05) is 5.32 Å². The summed E-state index contributed by atoms with van der Waals surface area (Å²) < 4.78 is 0.983. The zero-order valence-electron chi connectivity index (χ0n) is 15.9. The monoisotopic (exact) mass is 483 g/mol. The Hall–Kier alpha value is -2.84. The number of thiazole rings is 1.